The maximum Gasteiger partial charge on any atom is 0.303 e. The van der Waals surface area contributed by atoms with E-state index in [4.69, 9.17) is 20.4 Å². The van der Waals surface area contributed by atoms with Crippen LogP contribution in [0.1, 0.15) is 44.1 Å². The average Bonchev–Trinajstić information content (AvgIpc) is 3.27. The molecule has 1 aromatic carbocycles. The van der Waals surface area contributed by atoms with Crippen molar-refractivity contribution in [1.29, 1.82) is 0 Å². The molecule has 0 spiro atoms. The topological polar surface area (TPSA) is 177 Å². The summed E-state index contributed by atoms with van der Waals surface area (Å²) >= 11 is 0. The lowest BCUT2D eigenvalue weighted by atomic mass is 9.92. The molecule has 2 amide bonds. The number of nitrogens with two attached hydrogens (primary N) is 1. The summed E-state index contributed by atoms with van der Waals surface area (Å²) in [6.07, 6.45) is 0.539. The van der Waals surface area contributed by atoms with Crippen LogP contribution in [0.2, 0.25) is 0 Å². The molecule has 10 heteroatoms. The molecule has 0 bridgehead atoms. The van der Waals surface area contributed by atoms with E-state index in [0.717, 1.165) is 11.1 Å². The zero-order chi connectivity index (χ0) is 25.1. The molecule has 1 heterocycles. The summed E-state index contributed by atoms with van der Waals surface area (Å²) in [7, 11) is 0. The number of Topliss-reactive ketones (excluding diaryl/α,β-unsaturated/α-hetero) is 1. The first-order chi connectivity index (χ1) is 16.2. The molecule has 0 aliphatic rings. The van der Waals surface area contributed by atoms with E-state index in [1.165, 1.54) is 0 Å². The summed E-state index contributed by atoms with van der Waals surface area (Å²) in [5.41, 5.74) is 6.95. The van der Waals surface area contributed by atoms with Crippen LogP contribution < -0.4 is 11.1 Å². The van der Waals surface area contributed by atoms with E-state index in [1.807, 2.05) is 36.4 Å². The number of ketones is 1. The van der Waals surface area contributed by atoms with Crippen LogP contribution in [0.3, 0.4) is 0 Å². The van der Waals surface area contributed by atoms with Crippen molar-refractivity contribution in [3.63, 3.8) is 0 Å². The largest absolute Gasteiger partial charge is 0.481 e. The third-order valence-electron chi connectivity index (χ3n) is 5.28. The number of aryl methyl sites for hydroxylation is 1. The van der Waals surface area contributed by atoms with Gasteiger partial charge in [-0.2, -0.15) is 0 Å². The van der Waals surface area contributed by atoms with Gasteiger partial charge in [0.25, 0.3) is 0 Å². The van der Waals surface area contributed by atoms with E-state index in [2.05, 4.69) is 5.32 Å². The lowest BCUT2D eigenvalue weighted by molar-refractivity contribution is -0.139. The second-order valence-corrected chi connectivity index (χ2v) is 7.94. The zero-order valence-corrected chi connectivity index (χ0v) is 18.6. The number of hydrogen-bond donors (Lipinski definition) is 4. The SMILES string of the molecule is NC(=O)[C@H](CCC(=O)O)CC(=O)[C@H](CCC(=O)O)NC(=O)CCc1coc(-c2ccccc2)c1. The van der Waals surface area contributed by atoms with Gasteiger partial charge >= 0.3 is 11.9 Å². The van der Waals surface area contributed by atoms with Crippen LogP contribution in [0.15, 0.2) is 47.1 Å². The smallest absolute Gasteiger partial charge is 0.303 e. The van der Waals surface area contributed by atoms with Gasteiger partial charge in [0.2, 0.25) is 11.8 Å². The summed E-state index contributed by atoms with van der Waals surface area (Å²) in [6.45, 7) is 0. The molecule has 0 radical (unpaired) electrons. The lowest BCUT2D eigenvalue weighted by Crippen LogP contribution is -2.43. The summed E-state index contributed by atoms with van der Waals surface area (Å²) in [6, 6.07) is 10.1. The fraction of sp³-hybridized carbons (Fsp3) is 0.375. The molecule has 2 atom stereocenters. The standard InChI is InChI=1S/C24H28N2O8/c25-24(33)17(7-10-22(29)30)13-19(27)18(8-11-23(31)32)26-21(28)9-6-15-12-20(34-14-15)16-4-2-1-3-5-16/h1-5,12,14,17-18H,6-11,13H2,(H2,25,33)(H,26,28)(H,29,30)(H,31,32)/t17-,18+/m1/s1. The highest BCUT2D eigenvalue weighted by Gasteiger charge is 2.27. The van der Waals surface area contributed by atoms with E-state index in [0.29, 0.717) is 12.2 Å². The normalized spacial score (nSPS) is 12.5. The van der Waals surface area contributed by atoms with Crippen LogP contribution in [0, 0.1) is 5.92 Å². The Bertz CT molecular complexity index is 1010. The van der Waals surface area contributed by atoms with Crippen LogP contribution in [-0.4, -0.2) is 45.8 Å². The van der Waals surface area contributed by atoms with E-state index in [9.17, 15) is 24.0 Å². The first-order valence-electron chi connectivity index (χ1n) is 10.8. The first-order valence-corrected chi connectivity index (χ1v) is 10.8. The number of rotatable bonds is 15. The lowest BCUT2D eigenvalue weighted by Gasteiger charge is -2.19. The molecule has 0 unspecified atom stereocenters. The number of amides is 2. The minimum Gasteiger partial charge on any atom is -0.481 e. The number of primary amides is 1. The average molecular weight is 472 g/mol. The van der Waals surface area contributed by atoms with Crippen LogP contribution >= 0.6 is 0 Å². The van der Waals surface area contributed by atoms with E-state index in [-0.39, 0.29) is 38.5 Å². The van der Waals surface area contributed by atoms with Crippen molar-refractivity contribution in [2.75, 3.05) is 0 Å². The van der Waals surface area contributed by atoms with E-state index < -0.39 is 41.5 Å². The first kappa shape index (κ1) is 26.3. The van der Waals surface area contributed by atoms with Crippen molar-refractivity contribution in [3.05, 3.63) is 48.2 Å². The molecule has 10 nitrogen and oxygen atoms in total. The predicted molar refractivity (Wildman–Crippen MR) is 120 cm³/mol. The molecule has 1 aromatic heterocycles. The van der Waals surface area contributed by atoms with Crippen LogP contribution in [0.5, 0.6) is 0 Å². The zero-order valence-electron chi connectivity index (χ0n) is 18.6. The van der Waals surface area contributed by atoms with Crippen molar-refractivity contribution < 1.29 is 38.6 Å². The summed E-state index contributed by atoms with van der Waals surface area (Å²) in [5, 5.41) is 20.3. The fourth-order valence-corrected chi connectivity index (χ4v) is 3.39. The highest BCUT2D eigenvalue weighted by atomic mass is 16.4. The highest BCUT2D eigenvalue weighted by molar-refractivity contribution is 5.92. The Morgan fingerprint density at radius 3 is 2.21 bits per heavy atom. The van der Waals surface area contributed by atoms with Gasteiger partial charge in [0.05, 0.1) is 12.3 Å². The second kappa shape index (κ2) is 12.9. The maximum atomic E-state index is 12.7. The summed E-state index contributed by atoms with van der Waals surface area (Å²) < 4.78 is 5.54. The molecule has 0 saturated heterocycles. The van der Waals surface area contributed by atoms with Gasteiger partial charge in [-0.1, -0.05) is 30.3 Å². The molecule has 0 aliphatic heterocycles. The quantitative estimate of drug-likeness (QED) is 0.305. The Kier molecular flexibility index (Phi) is 10.0. The molecular weight excluding hydrogens is 444 g/mol. The molecule has 182 valence electrons. The van der Waals surface area contributed by atoms with Gasteiger partial charge < -0.3 is 25.7 Å². The number of carbonyl (C=O) groups excluding carboxylic acids is 3. The third kappa shape index (κ3) is 8.89. The summed E-state index contributed by atoms with van der Waals surface area (Å²) in [4.78, 5) is 58.5. The van der Waals surface area contributed by atoms with E-state index in [1.54, 1.807) is 6.26 Å². The number of carboxylic acid groups (broad SMARTS) is 2. The molecule has 34 heavy (non-hydrogen) atoms. The maximum absolute atomic E-state index is 12.7. The number of furan rings is 1. The molecule has 2 rings (SSSR count). The summed E-state index contributed by atoms with van der Waals surface area (Å²) in [5.74, 6) is -4.50. The van der Waals surface area contributed by atoms with Crippen molar-refractivity contribution >= 4 is 29.5 Å². The predicted octanol–water partition coefficient (Wildman–Crippen LogP) is 2.15. The number of aliphatic carboxylic acids is 2. The molecule has 0 fully saturated rings. The Morgan fingerprint density at radius 2 is 1.59 bits per heavy atom. The van der Waals surface area contributed by atoms with E-state index >= 15 is 0 Å². The van der Waals surface area contributed by atoms with Gasteiger partial charge in [0.1, 0.15) is 5.76 Å². The Hall–Kier alpha value is -3.95. The highest BCUT2D eigenvalue weighted by Crippen LogP contribution is 2.22. The third-order valence-corrected chi connectivity index (χ3v) is 5.28. The monoisotopic (exact) mass is 472 g/mol. The molecule has 0 saturated carbocycles. The molecule has 5 N–H and O–H groups in total. The van der Waals surface area contributed by atoms with Gasteiger partial charge in [0, 0.05) is 37.2 Å². The number of carboxylic acids is 2. The van der Waals surface area contributed by atoms with Crippen LogP contribution in [0.4, 0.5) is 0 Å². The number of carbonyl (C=O) groups is 5. The minimum atomic E-state index is -1.14. The molecular formula is C24H28N2O8. The van der Waals surface area contributed by atoms with Gasteiger partial charge in [-0.05, 0) is 30.9 Å². The number of nitrogens with one attached hydrogen (secondary N) is 1. The number of hydrogen-bond acceptors (Lipinski definition) is 6. The van der Waals surface area contributed by atoms with Crippen molar-refractivity contribution in [1.82, 2.24) is 5.32 Å². The van der Waals surface area contributed by atoms with Crippen molar-refractivity contribution in [2.24, 2.45) is 11.7 Å². The molecule has 2 aromatic rings. The van der Waals surface area contributed by atoms with Gasteiger partial charge in [0.15, 0.2) is 5.78 Å². The fourth-order valence-electron chi connectivity index (χ4n) is 3.39. The Balaban J connectivity index is 1.96. The number of benzene rings is 1. The Labute approximate surface area is 196 Å². The van der Waals surface area contributed by atoms with Crippen molar-refractivity contribution in [2.45, 2.75) is 51.0 Å². The van der Waals surface area contributed by atoms with Crippen LogP contribution in [0.25, 0.3) is 11.3 Å². The molecule has 0 aliphatic carbocycles. The Morgan fingerprint density at radius 1 is 0.941 bits per heavy atom. The van der Waals surface area contributed by atoms with Gasteiger partial charge in [-0.15, -0.1) is 0 Å². The van der Waals surface area contributed by atoms with Crippen LogP contribution in [-0.2, 0) is 30.4 Å². The van der Waals surface area contributed by atoms with Gasteiger partial charge in [-0.3, -0.25) is 24.0 Å². The van der Waals surface area contributed by atoms with Gasteiger partial charge in [-0.25, -0.2) is 0 Å². The second-order valence-electron chi connectivity index (χ2n) is 7.94. The van der Waals surface area contributed by atoms with Crippen molar-refractivity contribution in [3.8, 4) is 11.3 Å². The minimum absolute atomic E-state index is 0.0306.